The van der Waals surface area contributed by atoms with Crippen molar-refractivity contribution in [3.05, 3.63) is 0 Å². The number of hydrogen-bond donors (Lipinski definition) is 1. The van der Waals surface area contributed by atoms with E-state index in [1.165, 1.54) is 57.8 Å². The molecule has 0 spiro atoms. The van der Waals surface area contributed by atoms with Gasteiger partial charge in [0.25, 0.3) is 0 Å². The van der Waals surface area contributed by atoms with Crippen molar-refractivity contribution in [3.63, 3.8) is 0 Å². The molecule has 2 heteroatoms. The van der Waals surface area contributed by atoms with Crippen LogP contribution < -0.4 is 5.73 Å². The molecule has 0 saturated heterocycles. The number of nitrogens with two attached hydrogens (primary N) is 1. The van der Waals surface area contributed by atoms with Crippen molar-refractivity contribution in [3.8, 4) is 0 Å². The summed E-state index contributed by atoms with van der Waals surface area (Å²) in [7, 11) is -0.891. The SMILES string of the molecule is CCC[Si](CCC)(CCC)CCCCCCCCN. The van der Waals surface area contributed by atoms with Crippen LogP contribution in [-0.2, 0) is 0 Å². The lowest BCUT2D eigenvalue weighted by molar-refractivity contribution is 0.608. The molecule has 0 aliphatic rings. The fourth-order valence-corrected chi connectivity index (χ4v) is 9.37. The van der Waals surface area contributed by atoms with E-state index in [4.69, 9.17) is 5.73 Å². The second-order valence-electron chi connectivity index (χ2n) is 6.41. The van der Waals surface area contributed by atoms with Crippen LogP contribution in [0.15, 0.2) is 0 Å². The standard InChI is InChI=1S/C17H39NSi/c1-4-14-19(15-5-2,16-6-3)17-12-10-8-7-9-11-13-18/h4-18H2,1-3H3. The van der Waals surface area contributed by atoms with Gasteiger partial charge in [-0.15, -0.1) is 0 Å². The van der Waals surface area contributed by atoms with Crippen molar-refractivity contribution in [1.29, 1.82) is 0 Å². The van der Waals surface area contributed by atoms with Gasteiger partial charge in [0.05, 0.1) is 8.07 Å². The molecule has 116 valence electrons. The summed E-state index contributed by atoms with van der Waals surface area (Å²) in [6, 6.07) is 6.37. The lowest BCUT2D eigenvalue weighted by Gasteiger charge is -2.31. The minimum Gasteiger partial charge on any atom is -0.330 e. The van der Waals surface area contributed by atoms with Crippen LogP contribution in [-0.4, -0.2) is 14.6 Å². The molecule has 0 atom stereocenters. The molecule has 0 aliphatic heterocycles. The van der Waals surface area contributed by atoms with E-state index >= 15 is 0 Å². The van der Waals surface area contributed by atoms with Gasteiger partial charge in [-0.3, -0.25) is 0 Å². The van der Waals surface area contributed by atoms with E-state index in [-0.39, 0.29) is 0 Å². The third-order valence-electron chi connectivity index (χ3n) is 4.50. The monoisotopic (exact) mass is 285 g/mol. The minimum absolute atomic E-state index is 0.875. The van der Waals surface area contributed by atoms with Crippen LogP contribution in [0.2, 0.25) is 24.2 Å². The summed E-state index contributed by atoms with van der Waals surface area (Å²) in [5, 5.41) is 0. The van der Waals surface area contributed by atoms with E-state index in [0.717, 1.165) is 6.54 Å². The molecular formula is C17H39NSi. The molecule has 0 heterocycles. The first-order chi connectivity index (χ1) is 9.24. The third kappa shape index (κ3) is 9.67. The van der Waals surface area contributed by atoms with Gasteiger partial charge < -0.3 is 5.73 Å². The average molecular weight is 286 g/mol. The summed E-state index contributed by atoms with van der Waals surface area (Å²) in [5.41, 5.74) is 5.53. The predicted octanol–water partition coefficient (Wildman–Crippen LogP) is 5.96. The maximum Gasteiger partial charge on any atom is 0.0535 e. The molecule has 2 N–H and O–H groups in total. The van der Waals surface area contributed by atoms with Crippen molar-refractivity contribution in [2.24, 2.45) is 5.73 Å². The van der Waals surface area contributed by atoms with Crippen LogP contribution in [0.5, 0.6) is 0 Å². The second-order valence-corrected chi connectivity index (χ2v) is 11.4. The van der Waals surface area contributed by atoms with Gasteiger partial charge in [-0.2, -0.15) is 0 Å². The maximum atomic E-state index is 5.53. The Morgan fingerprint density at radius 1 is 0.579 bits per heavy atom. The van der Waals surface area contributed by atoms with Gasteiger partial charge in [0.1, 0.15) is 0 Å². The topological polar surface area (TPSA) is 26.0 Å². The molecule has 0 fully saturated rings. The third-order valence-corrected chi connectivity index (χ3v) is 10.6. The van der Waals surface area contributed by atoms with Gasteiger partial charge in [-0.1, -0.05) is 96.3 Å². The molecule has 0 amide bonds. The predicted molar refractivity (Wildman–Crippen MR) is 92.6 cm³/mol. The van der Waals surface area contributed by atoms with Crippen molar-refractivity contribution in [2.45, 2.75) is 103 Å². The van der Waals surface area contributed by atoms with E-state index in [2.05, 4.69) is 20.8 Å². The van der Waals surface area contributed by atoms with Crippen LogP contribution >= 0.6 is 0 Å². The molecule has 0 aliphatic carbocycles. The van der Waals surface area contributed by atoms with E-state index in [1.807, 2.05) is 0 Å². The van der Waals surface area contributed by atoms with Gasteiger partial charge in [-0.25, -0.2) is 0 Å². The van der Waals surface area contributed by atoms with Crippen LogP contribution in [0.3, 0.4) is 0 Å². The fourth-order valence-electron chi connectivity index (χ4n) is 3.69. The average Bonchev–Trinajstić information content (AvgIpc) is 2.39. The van der Waals surface area contributed by atoms with Crippen LogP contribution in [0.25, 0.3) is 0 Å². The molecule has 0 aromatic rings. The number of rotatable bonds is 14. The first-order valence-corrected chi connectivity index (χ1v) is 11.8. The Labute approximate surface area is 123 Å². The Bertz CT molecular complexity index is 165. The van der Waals surface area contributed by atoms with Gasteiger partial charge >= 0.3 is 0 Å². The summed E-state index contributed by atoms with van der Waals surface area (Å²) < 4.78 is 0. The van der Waals surface area contributed by atoms with E-state index < -0.39 is 8.07 Å². The molecule has 0 saturated carbocycles. The summed E-state index contributed by atoms with van der Waals surface area (Å²) in [6.07, 6.45) is 12.6. The smallest absolute Gasteiger partial charge is 0.0535 e. The quantitative estimate of drug-likeness (QED) is 0.309. The van der Waals surface area contributed by atoms with Crippen molar-refractivity contribution in [2.75, 3.05) is 6.54 Å². The van der Waals surface area contributed by atoms with Crippen LogP contribution in [0.1, 0.15) is 78.6 Å². The normalized spacial score (nSPS) is 12.0. The van der Waals surface area contributed by atoms with Gasteiger partial charge in [0.15, 0.2) is 0 Å². The summed E-state index contributed by atoms with van der Waals surface area (Å²) in [4.78, 5) is 0. The lowest BCUT2D eigenvalue weighted by Crippen LogP contribution is -2.33. The molecule has 0 radical (unpaired) electrons. The highest BCUT2D eigenvalue weighted by molar-refractivity contribution is 6.79. The Morgan fingerprint density at radius 2 is 1.00 bits per heavy atom. The van der Waals surface area contributed by atoms with Crippen LogP contribution in [0, 0.1) is 0 Å². The van der Waals surface area contributed by atoms with Crippen molar-refractivity contribution in [1.82, 2.24) is 0 Å². The zero-order valence-corrected chi connectivity index (χ0v) is 15.0. The van der Waals surface area contributed by atoms with E-state index in [0.29, 0.717) is 0 Å². The zero-order valence-electron chi connectivity index (χ0n) is 14.0. The van der Waals surface area contributed by atoms with Gasteiger partial charge in [0.2, 0.25) is 0 Å². The molecule has 0 aromatic carbocycles. The maximum absolute atomic E-state index is 5.53. The number of hydrogen-bond acceptors (Lipinski definition) is 1. The lowest BCUT2D eigenvalue weighted by atomic mass is 10.1. The summed E-state index contributed by atoms with van der Waals surface area (Å²) >= 11 is 0. The number of unbranched alkanes of at least 4 members (excludes halogenated alkanes) is 5. The Hall–Kier alpha value is 0.177. The highest BCUT2D eigenvalue weighted by Gasteiger charge is 2.28. The Kier molecular flexibility index (Phi) is 13.3. The zero-order chi connectivity index (χ0) is 14.4. The molecule has 1 nitrogen and oxygen atoms in total. The minimum atomic E-state index is -0.891. The fraction of sp³-hybridized carbons (Fsp3) is 1.00. The molecule has 0 unspecified atom stereocenters. The first kappa shape index (κ1) is 19.2. The molecule has 0 bridgehead atoms. The second kappa shape index (κ2) is 13.2. The van der Waals surface area contributed by atoms with Gasteiger partial charge in [0, 0.05) is 0 Å². The highest BCUT2D eigenvalue weighted by atomic mass is 28.3. The molecular weight excluding hydrogens is 246 g/mol. The Balaban J connectivity index is 3.89. The van der Waals surface area contributed by atoms with Crippen LogP contribution in [0.4, 0.5) is 0 Å². The first-order valence-electron chi connectivity index (χ1n) is 8.94. The van der Waals surface area contributed by atoms with E-state index in [9.17, 15) is 0 Å². The Morgan fingerprint density at radius 3 is 1.42 bits per heavy atom. The highest BCUT2D eigenvalue weighted by Crippen LogP contribution is 2.32. The van der Waals surface area contributed by atoms with Crippen molar-refractivity contribution < 1.29 is 0 Å². The van der Waals surface area contributed by atoms with E-state index in [1.54, 1.807) is 24.2 Å². The molecule has 0 aromatic heterocycles. The summed E-state index contributed by atoms with van der Waals surface area (Å²) in [6.45, 7) is 8.04. The van der Waals surface area contributed by atoms with Crippen molar-refractivity contribution >= 4 is 8.07 Å². The molecule has 19 heavy (non-hydrogen) atoms. The van der Waals surface area contributed by atoms with Gasteiger partial charge in [-0.05, 0) is 13.0 Å². The summed E-state index contributed by atoms with van der Waals surface area (Å²) in [5.74, 6) is 0. The largest absolute Gasteiger partial charge is 0.330 e. The molecule has 0 rings (SSSR count).